The van der Waals surface area contributed by atoms with Crippen molar-refractivity contribution >= 4 is 33.4 Å². The molecule has 0 unspecified atom stereocenters. The van der Waals surface area contributed by atoms with E-state index in [4.69, 9.17) is 0 Å². The van der Waals surface area contributed by atoms with Gasteiger partial charge in [0.05, 0.1) is 11.1 Å². The number of benzene rings is 3. The van der Waals surface area contributed by atoms with Crippen LogP contribution in [-0.4, -0.2) is 24.9 Å². The molecule has 0 atom stereocenters. The summed E-state index contributed by atoms with van der Waals surface area (Å²) in [6, 6.07) is 15.8. The van der Waals surface area contributed by atoms with Crippen LogP contribution in [0.15, 0.2) is 48.5 Å². The molecule has 4 nitrogen and oxygen atoms in total. The van der Waals surface area contributed by atoms with E-state index in [1.54, 1.807) is 0 Å². The predicted octanol–water partition coefficient (Wildman–Crippen LogP) is 11.3. The average Bonchev–Trinajstić information content (AvgIpc) is 3.04. The zero-order chi connectivity index (χ0) is 31.2. The van der Waals surface area contributed by atoms with Crippen LogP contribution < -0.4 is 10.6 Å². The molecule has 0 spiro atoms. The summed E-state index contributed by atoms with van der Waals surface area (Å²) in [5.74, 6) is -0.101. The van der Waals surface area contributed by atoms with Gasteiger partial charge in [0.1, 0.15) is 0 Å². The number of rotatable bonds is 24. The molecular weight excluding hydrogens is 540 g/mol. The number of hydrogen-bond acceptors (Lipinski definition) is 2. The van der Waals surface area contributed by atoms with Gasteiger partial charge in [0.25, 0.3) is 11.8 Å². The molecule has 3 aromatic carbocycles. The first-order valence-corrected chi connectivity index (χ1v) is 18.2. The lowest BCUT2D eigenvalue weighted by molar-refractivity contribution is 0.0945. The number of fused-ring (bicyclic) bond motifs is 2. The largest absolute Gasteiger partial charge is 0.352 e. The Labute approximate surface area is 268 Å². The number of nitrogens with one attached hydrogen (secondary N) is 2. The van der Waals surface area contributed by atoms with E-state index in [0.717, 1.165) is 47.2 Å². The number of carbonyl (C=O) groups is 2. The summed E-state index contributed by atoms with van der Waals surface area (Å²) in [5, 5.41) is 9.76. The van der Waals surface area contributed by atoms with Crippen molar-refractivity contribution in [3.05, 3.63) is 59.7 Å². The summed E-state index contributed by atoms with van der Waals surface area (Å²) < 4.78 is 0. The van der Waals surface area contributed by atoms with Gasteiger partial charge in [0.15, 0.2) is 0 Å². The molecule has 0 saturated heterocycles. The lowest BCUT2D eigenvalue weighted by Crippen LogP contribution is -2.27. The summed E-state index contributed by atoms with van der Waals surface area (Å²) in [6.45, 7) is 5.88. The fourth-order valence-corrected chi connectivity index (χ4v) is 6.42. The Bertz CT molecular complexity index is 1100. The van der Waals surface area contributed by atoms with Crippen molar-refractivity contribution < 1.29 is 9.59 Å². The van der Waals surface area contributed by atoms with Crippen molar-refractivity contribution in [3.63, 3.8) is 0 Å². The highest BCUT2D eigenvalue weighted by Gasteiger charge is 2.21. The predicted molar refractivity (Wildman–Crippen MR) is 190 cm³/mol. The van der Waals surface area contributed by atoms with Crippen LogP contribution in [0.1, 0.15) is 163 Å². The quantitative estimate of drug-likeness (QED) is 0.0793. The van der Waals surface area contributed by atoms with Gasteiger partial charge in [-0.15, -0.1) is 0 Å². The molecule has 0 aliphatic rings. The standard InChI is InChI=1S/C40H60N2O2/c1-3-5-7-9-11-13-15-17-19-25-31-41-39(43)37-33-27-21-23-29-35(33)38(36-30-24-22-28-34(36)37)40(44)42-32-26-20-18-16-14-12-10-8-6-4-2/h21-24,27-30H,3-20,25-26,31-32H2,1-2H3,(H,41,43)(H,42,44). The van der Waals surface area contributed by atoms with Crippen molar-refractivity contribution in [1.29, 1.82) is 0 Å². The zero-order valence-electron chi connectivity index (χ0n) is 28.0. The number of amides is 2. The molecule has 0 aliphatic carbocycles. The Morgan fingerprint density at radius 3 is 0.932 bits per heavy atom. The topological polar surface area (TPSA) is 58.2 Å². The third-order valence-corrected chi connectivity index (χ3v) is 9.02. The highest BCUT2D eigenvalue weighted by atomic mass is 16.2. The maximum Gasteiger partial charge on any atom is 0.252 e. The molecule has 3 rings (SSSR count). The molecule has 2 amide bonds. The summed E-state index contributed by atoms with van der Waals surface area (Å²) in [7, 11) is 0. The SMILES string of the molecule is CCCCCCCCCCCCNC(=O)c1c2ccccc2c(C(=O)NCCCCCCCCCCCC)c2ccccc12. The van der Waals surface area contributed by atoms with Gasteiger partial charge >= 0.3 is 0 Å². The van der Waals surface area contributed by atoms with E-state index in [2.05, 4.69) is 24.5 Å². The molecule has 0 fully saturated rings. The van der Waals surface area contributed by atoms with E-state index < -0.39 is 0 Å². The molecule has 242 valence electrons. The van der Waals surface area contributed by atoms with Crippen LogP contribution in [0.25, 0.3) is 21.5 Å². The fourth-order valence-electron chi connectivity index (χ4n) is 6.42. The Morgan fingerprint density at radius 2 is 0.659 bits per heavy atom. The Kier molecular flexibility index (Phi) is 17.6. The highest BCUT2D eigenvalue weighted by Crippen LogP contribution is 2.33. The van der Waals surface area contributed by atoms with Crippen LogP contribution in [-0.2, 0) is 0 Å². The molecule has 44 heavy (non-hydrogen) atoms. The molecule has 4 heteroatoms. The van der Waals surface area contributed by atoms with Crippen molar-refractivity contribution in [3.8, 4) is 0 Å². The van der Waals surface area contributed by atoms with Gasteiger partial charge in [-0.1, -0.05) is 178 Å². The summed E-state index contributed by atoms with van der Waals surface area (Å²) in [4.78, 5) is 27.2. The summed E-state index contributed by atoms with van der Waals surface area (Å²) in [5.41, 5.74) is 1.35. The van der Waals surface area contributed by atoms with Crippen molar-refractivity contribution in [2.45, 2.75) is 142 Å². The van der Waals surface area contributed by atoms with E-state index in [9.17, 15) is 9.59 Å². The van der Waals surface area contributed by atoms with Crippen molar-refractivity contribution in [2.75, 3.05) is 13.1 Å². The minimum atomic E-state index is -0.0503. The van der Waals surface area contributed by atoms with E-state index in [1.165, 1.54) is 103 Å². The van der Waals surface area contributed by atoms with Gasteiger partial charge in [-0.2, -0.15) is 0 Å². The monoisotopic (exact) mass is 600 g/mol. The first-order chi connectivity index (χ1) is 21.7. The van der Waals surface area contributed by atoms with Gasteiger partial charge in [-0.3, -0.25) is 9.59 Å². The van der Waals surface area contributed by atoms with Gasteiger partial charge < -0.3 is 10.6 Å². The normalized spacial score (nSPS) is 11.3. The molecule has 0 radical (unpaired) electrons. The van der Waals surface area contributed by atoms with Crippen LogP contribution in [0.3, 0.4) is 0 Å². The second-order valence-corrected chi connectivity index (χ2v) is 12.7. The summed E-state index contributed by atoms with van der Waals surface area (Å²) >= 11 is 0. The lowest BCUT2D eigenvalue weighted by atomic mass is 9.91. The lowest BCUT2D eigenvalue weighted by Gasteiger charge is -2.16. The smallest absolute Gasteiger partial charge is 0.252 e. The van der Waals surface area contributed by atoms with Crippen molar-refractivity contribution in [2.24, 2.45) is 0 Å². The van der Waals surface area contributed by atoms with E-state index in [0.29, 0.717) is 24.2 Å². The maximum atomic E-state index is 13.6. The van der Waals surface area contributed by atoms with Crippen LogP contribution >= 0.6 is 0 Å². The molecule has 0 aliphatic heterocycles. The first kappa shape index (κ1) is 35.6. The number of unbranched alkanes of at least 4 members (excludes halogenated alkanes) is 18. The Hall–Kier alpha value is -2.88. The minimum absolute atomic E-state index is 0.0503. The fraction of sp³-hybridized carbons (Fsp3) is 0.600. The zero-order valence-corrected chi connectivity index (χ0v) is 28.0. The molecular formula is C40H60N2O2. The highest BCUT2D eigenvalue weighted by molar-refractivity contribution is 6.26. The van der Waals surface area contributed by atoms with Gasteiger partial charge in [0, 0.05) is 13.1 Å². The van der Waals surface area contributed by atoms with Gasteiger partial charge in [-0.05, 0) is 34.4 Å². The van der Waals surface area contributed by atoms with E-state index >= 15 is 0 Å². The number of carbonyl (C=O) groups excluding carboxylic acids is 2. The second-order valence-electron chi connectivity index (χ2n) is 12.7. The maximum absolute atomic E-state index is 13.6. The van der Waals surface area contributed by atoms with Crippen LogP contribution in [0.5, 0.6) is 0 Å². The first-order valence-electron chi connectivity index (χ1n) is 18.2. The van der Waals surface area contributed by atoms with E-state index in [-0.39, 0.29) is 11.8 Å². The third kappa shape index (κ3) is 11.9. The Morgan fingerprint density at radius 1 is 0.409 bits per heavy atom. The van der Waals surface area contributed by atoms with Crippen LogP contribution in [0, 0.1) is 0 Å². The molecule has 0 heterocycles. The van der Waals surface area contributed by atoms with Gasteiger partial charge in [0.2, 0.25) is 0 Å². The van der Waals surface area contributed by atoms with Crippen molar-refractivity contribution in [1.82, 2.24) is 10.6 Å². The van der Waals surface area contributed by atoms with Crippen LogP contribution in [0.4, 0.5) is 0 Å². The number of hydrogen-bond donors (Lipinski definition) is 2. The molecule has 3 aromatic rings. The molecule has 0 bridgehead atoms. The average molecular weight is 601 g/mol. The molecule has 2 N–H and O–H groups in total. The van der Waals surface area contributed by atoms with Gasteiger partial charge in [-0.25, -0.2) is 0 Å². The van der Waals surface area contributed by atoms with E-state index in [1.807, 2.05) is 48.5 Å². The van der Waals surface area contributed by atoms with Crippen LogP contribution in [0.2, 0.25) is 0 Å². The minimum Gasteiger partial charge on any atom is -0.352 e. The second kappa shape index (κ2) is 21.8. The molecule has 0 aromatic heterocycles. The third-order valence-electron chi connectivity index (χ3n) is 9.02. The molecule has 0 saturated carbocycles. The summed E-state index contributed by atoms with van der Waals surface area (Å²) in [6.07, 6.45) is 25.5. The Balaban J connectivity index is 1.53.